The molecule has 0 saturated carbocycles. The number of nitrogens with zero attached hydrogens (tertiary/aromatic N) is 2. The number of fused-ring (bicyclic) bond motifs is 1. The fraction of sp³-hybridized carbons (Fsp3) is 0.222. The van der Waals surface area contributed by atoms with Crippen LogP contribution in [0.2, 0.25) is 0 Å². The Labute approximate surface area is 212 Å². The lowest BCUT2D eigenvalue weighted by atomic mass is 9.94. The molecule has 1 N–H and O–H groups in total. The second kappa shape index (κ2) is 9.73. The van der Waals surface area contributed by atoms with Crippen molar-refractivity contribution in [1.82, 2.24) is 4.98 Å². The predicted octanol–water partition coefficient (Wildman–Crippen LogP) is 3.50. The zero-order valence-electron chi connectivity index (χ0n) is 20.4. The monoisotopic (exact) mass is 504 g/mol. The molecule has 1 saturated heterocycles. The van der Waals surface area contributed by atoms with Gasteiger partial charge in [0.25, 0.3) is 5.78 Å². The maximum absolute atomic E-state index is 13.4. The molecule has 10 nitrogen and oxygen atoms in total. The number of Topliss-reactive ketones (excluding diaryl/α,β-unsaturated/α-hetero) is 1. The molecular formula is C27H24N2O8. The van der Waals surface area contributed by atoms with Gasteiger partial charge in [0.1, 0.15) is 24.8 Å². The Balaban J connectivity index is 1.74. The van der Waals surface area contributed by atoms with Gasteiger partial charge in [0.2, 0.25) is 5.75 Å². The average molecular weight is 504 g/mol. The summed E-state index contributed by atoms with van der Waals surface area (Å²) >= 11 is 0. The Morgan fingerprint density at radius 2 is 1.65 bits per heavy atom. The highest BCUT2D eigenvalue weighted by atomic mass is 16.6. The highest BCUT2D eigenvalue weighted by molar-refractivity contribution is 6.51. The van der Waals surface area contributed by atoms with E-state index in [2.05, 4.69) is 4.98 Å². The third-order valence-electron chi connectivity index (χ3n) is 6.16. The highest BCUT2D eigenvalue weighted by Crippen LogP contribution is 2.47. The molecule has 2 aliphatic rings. The zero-order chi connectivity index (χ0) is 26.1. The number of amides is 1. The van der Waals surface area contributed by atoms with Gasteiger partial charge in [-0.2, -0.15) is 0 Å². The SMILES string of the molecule is COc1cc(C2/C(=C(\O)c3ccc4c(c3)OCCO4)C(=O)C(=O)N2c2ccccn2)cc(OC)c1OC. The van der Waals surface area contributed by atoms with Crippen LogP contribution in [0.25, 0.3) is 5.76 Å². The molecule has 2 aliphatic heterocycles. The molecule has 0 radical (unpaired) electrons. The van der Waals surface area contributed by atoms with Gasteiger partial charge in [0.05, 0.1) is 32.9 Å². The normalized spacial score (nSPS) is 18.0. The molecule has 37 heavy (non-hydrogen) atoms. The number of hydrogen-bond donors (Lipinski definition) is 1. The molecule has 3 aromatic rings. The molecule has 1 fully saturated rings. The maximum atomic E-state index is 13.4. The van der Waals surface area contributed by atoms with Crippen molar-refractivity contribution in [2.45, 2.75) is 6.04 Å². The molecule has 0 spiro atoms. The van der Waals surface area contributed by atoms with Crippen LogP contribution in [0.1, 0.15) is 17.2 Å². The second-order valence-electron chi connectivity index (χ2n) is 8.17. The van der Waals surface area contributed by atoms with Crippen molar-refractivity contribution in [2.24, 2.45) is 0 Å². The summed E-state index contributed by atoms with van der Waals surface area (Å²) in [5.41, 5.74) is 0.612. The first-order valence-corrected chi connectivity index (χ1v) is 11.4. The van der Waals surface area contributed by atoms with Gasteiger partial charge in [-0.1, -0.05) is 6.07 Å². The Kier molecular flexibility index (Phi) is 6.31. The smallest absolute Gasteiger partial charge is 0.301 e. The summed E-state index contributed by atoms with van der Waals surface area (Å²) in [5.74, 6) is 0.114. The second-order valence-corrected chi connectivity index (χ2v) is 8.17. The first kappa shape index (κ1) is 24.0. The van der Waals surface area contributed by atoms with E-state index in [1.54, 1.807) is 48.5 Å². The molecule has 1 unspecified atom stereocenters. The standard InChI is InChI=1S/C27H24N2O8/c1-33-19-13-16(14-20(34-2)26(19)35-3)23-22(25(31)27(32)29(23)21-6-4-5-9-28-21)24(30)15-7-8-17-18(12-15)37-11-10-36-17/h4-9,12-14,23,30H,10-11H2,1-3H3/b24-22+. The third-order valence-corrected chi connectivity index (χ3v) is 6.16. The summed E-state index contributed by atoms with van der Waals surface area (Å²) in [7, 11) is 4.40. The number of rotatable bonds is 6. The fourth-order valence-electron chi connectivity index (χ4n) is 4.49. The first-order valence-electron chi connectivity index (χ1n) is 11.4. The van der Waals surface area contributed by atoms with E-state index in [4.69, 9.17) is 23.7 Å². The van der Waals surface area contributed by atoms with Crippen molar-refractivity contribution >= 4 is 23.3 Å². The van der Waals surface area contributed by atoms with Crippen molar-refractivity contribution in [3.05, 3.63) is 71.4 Å². The van der Waals surface area contributed by atoms with E-state index in [9.17, 15) is 14.7 Å². The third kappa shape index (κ3) is 4.06. The molecule has 3 heterocycles. The lowest BCUT2D eigenvalue weighted by Gasteiger charge is -2.26. The Morgan fingerprint density at radius 1 is 0.946 bits per heavy atom. The quantitative estimate of drug-likeness (QED) is 0.306. The number of methoxy groups -OCH3 is 3. The molecule has 2 aromatic carbocycles. The number of aliphatic hydroxyl groups is 1. The van der Waals surface area contributed by atoms with Crippen molar-refractivity contribution < 1.29 is 38.4 Å². The van der Waals surface area contributed by atoms with Crippen LogP contribution in [0.5, 0.6) is 28.7 Å². The fourth-order valence-corrected chi connectivity index (χ4v) is 4.49. The van der Waals surface area contributed by atoms with E-state index in [0.29, 0.717) is 53.1 Å². The minimum absolute atomic E-state index is 0.124. The van der Waals surface area contributed by atoms with E-state index in [1.807, 2.05) is 0 Å². The lowest BCUT2D eigenvalue weighted by Crippen LogP contribution is -2.30. The summed E-state index contributed by atoms with van der Waals surface area (Å²) in [4.78, 5) is 32.3. The highest BCUT2D eigenvalue weighted by Gasteiger charge is 2.48. The van der Waals surface area contributed by atoms with E-state index in [0.717, 1.165) is 0 Å². The van der Waals surface area contributed by atoms with Gasteiger partial charge in [-0.15, -0.1) is 0 Å². The van der Waals surface area contributed by atoms with Crippen LogP contribution in [0.3, 0.4) is 0 Å². The number of aliphatic hydroxyl groups excluding tert-OH is 1. The predicted molar refractivity (Wildman–Crippen MR) is 133 cm³/mol. The van der Waals surface area contributed by atoms with Crippen molar-refractivity contribution in [3.63, 3.8) is 0 Å². The topological polar surface area (TPSA) is 117 Å². The van der Waals surface area contributed by atoms with Crippen LogP contribution >= 0.6 is 0 Å². The van der Waals surface area contributed by atoms with Crippen LogP contribution in [-0.2, 0) is 9.59 Å². The zero-order valence-corrected chi connectivity index (χ0v) is 20.4. The van der Waals surface area contributed by atoms with Crippen molar-refractivity contribution in [2.75, 3.05) is 39.4 Å². The minimum atomic E-state index is -1.04. The van der Waals surface area contributed by atoms with Crippen molar-refractivity contribution in [3.8, 4) is 28.7 Å². The number of hydrogen-bond acceptors (Lipinski definition) is 9. The van der Waals surface area contributed by atoms with E-state index in [-0.39, 0.29) is 17.2 Å². The van der Waals surface area contributed by atoms with Crippen LogP contribution in [0.4, 0.5) is 5.82 Å². The number of ether oxygens (including phenoxy) is 5. The van der Waals surface area contributed by atoms with Gasteiger partial charge in [0.15, 0.2) is 23.0 Å². The number of anilines is 1. The number of carbonyl (C=O) groups excluding carboxylic acids is 2. The largest absolute Gasteiger partial charge is 0.507 e. The number of ketones is 1. The summed E-state index contributed by atoms with van der Waals surface area (Å²) in [6.07, 6.45) is 1.52. The maximum Gasteiger partial charge on any atom is 0.301 e. The van der Waals surface area contributed by atoms with E-state index in [1.165, 1.54) is 32.4 Å². The number of carbonyl (C=O) groups is 2. The molecule has 5 rings (SSSR count). The lowest BCUT2D eigenvalue weighted by molar-refractivity contribution is -0.132. The van der Waals surface area contributed by atoms with E-state index < -0.39 is 17.7 Å². The molecule has 1 amide bonds. The molecule has 1 aromatic heterocycles. The summed E-state index contributed by atoms with van der Waals surface area (Å²) in [6.45, 7) is 0.765. The van der Waals surface area contributed by atoms with Crippen LogP contribution in [0, 0.1) is 0 Å². The Bertz CT molecular complexity index is 1380. The van der Waals surface area contributed by atoms with Gasteiger partial charge in [0, 0.05) is 11.8 Å². The van der Waals surface area contributed by atoms with Gasteiger partial charge in [-0.05, 0) is 48.0 Å². The van der Waals surface area contributed by atoms with Crippen LogP contribution in [0.15, 0.2) is 60.3 Å². The molecule has 0 aliphatic carbocycles. The van der Waals surface area contributed by atoms with Crippen LogP contribution < -0.4 is 28.6 Å². The minimum Gasteiger partial charge on any atom is -0.507 e. The number of benzene rings is 2. The average Bonchev–Trinajstić information content (AvgIpc) is 3.21. The van der Waals surface area contributed by atoms with Crippen molar-refractivity contribution in [1.29, 1.82) is 0 Å². The number of pyridine rings is 1. The van der Waals surface area contributed by atoms with Gasteiger partial charge in [-0.25, -0.2) is 4.98 Å². The summed E-state index contributed by atoms with van der Waals surface area (Å²) < 4.78 is 27.6. The Morgan fingerprint density at radius 3 is 2.27 bits per heavy atom. The molecule has 1 atom stereocenters. The molecule has 0 bridgehead atoms. The molecule has 10 heteroatoms. The number of aromatic nitrogens is 1. The van der Waals surface area contributed by atoms with Gasteiger partial charge < -0.3 is 28.8 Å². The molecular weight excluding hydrogens is 480 g/mol. The summed E-state index contributed by atoms with van der Waals surface area (Å²) in [5, 5.41) is 11.4. The molecule has 190 valence electrons. The van der Waals surface area contributed by atoms with Crippen LogP contribution in [-0.4, -0.2) is 56.3 Å². The summed E-state index contributed by atoms with van der Waals surface area (Å²) in [6, 6.07) is 12.0. The Hall–Kier alpha value is -4.73. The van der Waals surface area contributed by atoms with Gasteiger partial charge in [-0.3, -0.25) is 14.5 Å². The van der Waals surface area contributed by atoms with E-state index >= 15 is 0 Å². The first-order chi connectivity index (χ1) is 18.0. The van der Waals surface area contributed by atoms with Gasteiger partial charge >= 0.3 is 5.91 Å².